The molecule has 2 aliphatic rings. The lowest BCUT2D eigenvalue weighted by molar-refractivity contribution is -0.123. The first-order chi connectivity index (χ1) is 17.3. The smallest absolute Gasteiger partial charge is 0.266 e. The van der Waals surface area contributed by atoms with Crippen LogP contribution in [0.25, 0.3) is 17.0 Å². The van der Waals surface area contributed by atoms with Crippen LogP contribution in [0.2, 0.25) is 5.02 Å². The summed E-state index contributed by atoms with van der Waals surface area (Å²) in [4.78, 5) is 34.4. The summed E-state index contributed by atoms with van der Waals surface area (Å²) in [6, 6.07) is 15.6. The van der Waals surface area contributed by atoms with E-state index in [2.05, 4.69) is 11.0 Å². The maximum atomic E-state index is 13.4. The van der Waals surface area contributed by atoms with E-state index in [4.69, 9.17) is 34.5 Å². The Morgan fingerprint density at radius 2 is 1.97 bits per heavy atom. The third-order valence-corrected chi connectivity index (χ3v) is 8.45. The second-order valence-electron chi connectivity index (χ2n) is 9.07. The number of carbonyl (C=O) groups excluding carboxylic acids is 2. The zero-order valence-electron chi connectivity index (χ0n) is 19.7. The predicted molar refractivity (Wildman–Crippen MR) is 151 cm³/mol. The van der Waals surface area contributed by atoms with E-state index in [1.54, 1.807) is 11.0 Å². The average Bonchev–Trinajstić information content (AvgIpc) is 3.12. The SMILES string of the molecule is Cc1cccc2cc(/C=C3\SC(=S)N(Cc4ccccc4Cl)C3=O)c(N3CCC(C(N)=O)CC3)nc12. The van der Waals surface area contributed by atoms with Gasteiger partial charge in [-0.05, 0) is 49.1 Å². The largest absolute Gasteiger partial charge is 0.369 e. The third-order valence-electron chi connectivity index (χ3n) is 6.70. The van der Waals surface area contributed by atoms with Crippen molar-refractivity contribution in [3.63, 3.8) is 0 Å². The van der Waals surface area contributed by atoms with Crippen molar-refractivity contribution in [2.24, 2.45) is 11.7 Å². The number of hydrogen-bond donors (Lipinski definition) is 1. The van der Waals surface area contributed by atoms with Crippen LogP contribution in [-0.4, -0.2) is 39.1 Å². The number of pyridine rings is 1. The summed E-state index contributed by atoms with van der Waals surface area (Å²) in [5, 5.41) is 1.61. The summed E-state index contributed by atoms with van der Waals surface area (Å²) in [6.07, 6.45) is 3.25. The van der Waals surface area contributed by atoms with E-state index in [1.807, 2.05) is 49.4 Å². The van der Waals surface area contributed by atoms with E-state index in [0.717, 1.165) is 33.4 Å². The minimum absolute atomic E-state index is 0.118. The van der Waals surface area contributed by atoms with E-state index in [0.29, 0.717) is 46.7 Å². The molecule has 0 radical (unpaired) electrons. The Morgan fingerprint density at radius 1 is 1.22 bits per heavy atom. The van der Waals surface area contributed by atoms with Crippen LogP contribution < -0.4 is 10.6 Å². The number of thioether (sulfide) groups is 1. The molecule has 1 aromatic heterocycles. The number of nitrogens with zero attached hydrogens (tertiary/aromatic N) is 3. The lowest BCUT2D eigenvalue weighted by atomic mass is 9.96. The summed E-state index contributed by atoms with van der Waals surface area (Å²) < 4.78 is 0.500. The Morgan fingerprint density at radius 3 is 2.69 bits per heavy atom. The maximum Gasteiger partial charge on any atom is 0.266 e. The molecule has 0 atom stereocenters. The Balaban J connectivity index is 1.50. The molecule has 0 saturated carbocycles. The Kier molecular flexibility index (Phi) is 7.01. The molecule has 2 N–H and O–H groups in total. The first kappa shape index (κ1) is 24.7. The van der Waals surface area contributed by atoms with Crippen molar-refractivity contribution in [2.45, 2.75) is 26.3 Å². The molecule has 0 bridgehead atoms. The number of piperidine rings is 1. The second kappa shape index (κ2) is 10.2. The minimum Gasteiger partial charge on any atom is -0.369 e. The number of aromatic nitrogens is 1. The summed E-state index contributed by atoms with van der Waals surface area (Å²) in [7, 11) is 0. The minimum atomic E-state index is -0.251. The van der Waals surface area contributed by atoms with Crippen LogP contribution in [0.1, 0.15) is 29.5 Å². The molecule has 2 amide bonds. The summed E-state index contributed by atoms with van der Waals surface area (Å²) >= 11 is 13.2. The first-order valence-corrected chi connectivity index (χ1v) is 13.4. The fraction of sp³-hybridized carbons (Fsp3) is 0.259. The van der Waals surface area contributed by atoms with Crippen LogP contribution in [0.5, 0.6) is 0 Å². The molecule has 0 spiro atoms. The quantitative estimate of drug-likeness (QED) is 0.352. The zero-order valence-corrected chi connectivity index (χ0v) is 22.1. The van der Waals surface area contributed by atoms with Crippen LogP contribution in [0.15, 0.2) is 53.4 Å². The van der Waals surface area contributed by atoms with E-state index < -0.39 is 0 Å². The van der Waals surface area contributed by atoms with Gasteiger partial charge < -0.3 is 10.6 Å². The molecule has 0 aliphatic carbocycles. The predicted octanol–water partition coefficient (Wildman–Crippen LogP) is 5.30. The number of carbonyl (C=O) groups is 2. The molecule has 2 aliphatic heterocycles. The summed E-state index contributed by atoms with van der Waals surface area (Å²) in [5.74, 6) is 0.288. The number of thiocarbonyl (C=S) groups is 1. The Hall–Kier alpha value is -2.94. The summed E-state index contributed by atoms with van der Waals surface area (Å²) in [5.41, 5.74) is 9.24. The molecule has 2 aromatic carbocycles. The number of para-hydroxylation sites is 1. The Labute approximate surface area is 224 Å². The van der Waals surface area contributed by atoms with E-state index in [9.17, 15) is 9.59 Å². The number of halogens is 1. The van der Waals surface area contributed by atoms with Gasteiger partial charge in [0.2, 0.25) is 5.91 Å². The van der Waals surface area contributed by atoms with Crippen LogP contribution in [-0.2, 0) is 16.1 Å². The first-order valence-electron chi connectivity index (χ1n) is 11.7. The number of primary amides is 1. The molecule has 2 fully saturated rings. The van der Waals surface area contributed by atoms with Gasteiger partial charge in [-0.2, -0.15) is 0 Å². The van der Waals surface area contributed by atoms with Gasteiger partial charge in [0.15, 0.2) is 0 Å². The highest BCUT2D eigenvalue weighted by molar-refractivity contribution is 8.26. The number of hydrogen-bond acceptors (Lipinski definition) is 6. The molecule has 6 nitrogen and oxygen atoms in total. The van der Waals surface area contributed by atoms with Gasteiger partial charge in [-0.25, -0.2) is 4.98 Å². The molecule has 5 rings (SSSR count). The topological polar surface area (TPSA) is 79.5 Å². The van der Waals surface area contributed by atoms with Gasteiger partial charge in [0.05, 0.1) is 17.0 Å². The molecule has 184 valence electrons. The van der Waals surface area contributed by atoms with Crippen molar-refractivity contribution in [2.75, 3.05) is 18.0 Å². The van der Waals surface area contributed by atoms with Gasteiger partial charge in [0.25, 0.3) is 5.91 Å². The molecule has 3 heterocycles. The number of amides is 2. The van der Waals surface area contributed by atoms with Gasteiger partial charge in [0, 0.05) is 35.0 Å². The van der Waals surface area contributed by atoms with Crippen LogP contribution >= 0.6 is 35.6 Å². The number of rotatable bonds is 5. The highest BCUT2D eigenvalue weighted by atomic mass is 35.5. The lowest BCUT2D eigenvalue weighted by Crippen LogP contribution is -2.39. The van der Waals surface area contributed by atoms with E-state index >= 15 is 0 Å². The van der Waals surface area contributed by atoms with E-state index in [-0.39, 0.29) is 17.7 Å². The van der Waals surface area contributed by atoms with Gasteiger partial charge in [0.1, 0.15) is 10.1 Å². The van der Waals surface area contributed by atoms with Gasteiger partial charge in [-0.1, -0.05) is 72.0 Å². The molecular weight excluding hydrogens is 512 g/mol. The van der Waals surface area contributed by atoms with Gasteiger partial charge >= 0.3 is 0 Å². The number of anilines is 1. The third kappa shape index (κ3) is 4.85. The van der Waals surface area contributed by atoms with E-state index in [1.165, 1.54) is 11.8 Å². The molecule has 9 heteroatoms. The van der Waals surface area contributed by atoms with Crippen molar-refractivity contribution in [3.05, 3.63) is 75.1 Å². The zero-order chi connectivity index (χ0) is 25.4. The number of aryl methyl sites for hydroxylation is 1. The molecule has 2 saturated heterocycles. The molecule has 36 heavy (non-hydrogen) atoms. The molecular formula is C27H25ClN4O2S2. The van der Waals surface area contributed by atoms with Crippen molar-refractivity contribution < 1.29 is 9.59 Å². The van der Waals surface area contributed by atoms with Crippen molar-refractivity contribution >= 4 is 74.5 Å². The second-order valence-corrected chi connectivity index (χ2v) is 11.2. The maximum absolute atomic E-state index is 13.4. The van der Waals surface area contributed by atoms with Crippen molar-refractivity contribution in [1.82, 2.24) is 9.88 Å². The van der Waals surface area contributed by atoms with Crippen LogP contribution in [0.4, 0.5) is 5.82 Å². The fourth-order valence-electron chi connectivity index (χ4n) is 4.66. The number of fused-ring (bicyclic) bond motifs is 1. The van der Waals surface area contributed by atoms with Crippen molar-refractivity contribution in [1.29, 1.82) is 0 Å². The van der Waals surface area contributed by atoms with Crippen LogP contribution in [0, 0.1) is 12.8 Å². The van der Waals surface area contributed by atoms with Gasteiger partial charge in [-0.15, -0.1) is 0 Å². The number of benzene rings is 2. The highest BCUT2D eigenvalue weighted by Gasteiger charge is 2.33. The fourth-order valence-corrected chi connectivity index (χ4v) is 6.10. The van der Waals surface area contributed by atoms with Crippen molar-refractivity contribution in [3.8, 4) is 0 Å². The monoisotopic (exact) mass is 536 g/mol. The Bertz CT molecular complexity index is 1420. The summed E-state index contributed by atoms with van der Waals surface area (Å²) in [6.45, 7) is 3.71. The van der Waals surface area contributed by atoms with Crippen LogP contribution in [0.3, 0.4) is 0 Å². The standard InChI is InChI=1S/C27H25ClN4O2S2/c1-16-5-4-7-18-13-20(25(30-23(16)18)31-11-9-17(10-12-31)24(29)33)14-22-26(34)32(27(35)36-22)15-19-6-2-3-8-21(19)28/h2-8,13-14,17H,9-12,15H2,1H3,(H2,29,33)/b22-14-. The molecule has 3 aromatic rings. The normalized spacial score (nSPS) is 18.0. The molecule has 0 unspecified atom stereocenters. The highest BCUT2D eigenvalue weighted by Crippen LogP contribution is 2.37. The number of nitrogens with two attached hydrogens (primary N) is 1. The average molecular weight is 537 g/mol. The lowest BCUT2D eigenvalue weighted by Gasteiger charge is -2.32. The van der Waals surface area contributed by atoms with Gasteiger partial charge in [-0.3, -0.25) is 14.5 Å².